The van der Waals surface area contributed by atoms with E-state index < -0.39 is 11.7 Å². The maximum Gasteiger partial charge on any atom is 0.262 e. The van der Waals surface area contributed by atoms with Crippen molar-refractivity contribution in [1.29, 1.82) is 0 Å². The number of rotatable bonds is 4. The van der Waals surface area contributed by atoms with Crippen LogP contribution in [0.3, 0.4) is 0 Å². The van der Waals surface area contributed by atoms with Crippen LogP contribution in [-0.2, 0) is 0 Å². The fraction of sp³-hybridized carbons (Fsp3) is 0.125. The van der Waals surface area contributed by atoms with E-state index in [-0.39, 0.29) is 17.1 Å². The topological polar surface area (TPSA) is 55.4 Å². The fourth-order valence-corrected chi connectivity index (χ4v) is 1.88. The Balaban J connectivity index is 2.24. The van der Waals surface area contributed by atoms with Crippen LogP contribution in [0.1, 0.15) is 27.6 Å². The normalized spacial score (nSPS) is 10.0. The molecular formula is C16H14FNO3. The monoisotopic (exact) mass is 287 g/mol. The van der Waals surface area contributed by atoms with Crippen LogP contribution in [0.5, 0.6) is 5.75 Å². The Morgan fingerprint density at radius 1 is 1.10 bits per heavy atom. The van der Waals surface area contributed by atoms with Gasteiger partial charge in [0.05, 0.1) is 7.11 Å². The van der Waals surface area contributed by atoms with Crippen molar-refractivity contribution < 1.29 is 18.7 Å². The number of nitrogens with one attached hydrogen (secondary N) is 1. The Kier molecular flexibility index (Phi) is 4.33. The summed E-state index contributed by atoms with van der Waals surface area (Å²) >= 11 is 0. The second-order valence-corrected chi connectivity index (χ2v) is 4.40. The van der Waals surface area contributed by atoms with Gasteiger partial charge in [-0.1, -0.05) is 6.07 Å². The van der Waals surface area contributed by atoms with E-state index in [2.05, 4.69) is 5.32 Å². The van der Waals surface area contributed by atoms with Crippen LogP contribution < -0.4 is 10.1 Å². The Morgan fingerprint density at radius 3 is 2.33 bits per heavy atom. The highest BCUT2D eigenvalue weighted by molar-refractivity contribution is 6.06. The molecule has 0 spiro atoms. The minimum atomic E-state index is -0.660. The molecule has 21 heavy (non-hydrogen) atoms. The Bertz CT molecular complexity index is 680. The number of benzene rings is 2. The van der Waals surface area contributed by atoms with Crippen LogP contribution in [0.15, 0.2) is 42.5 Å². The van der Waals surface area contributed by atoms with Crippen molar-refractivity contribution in [2.45, 2.75) is 6.92 Å². The molecule has 0 aromatic heterocycles. The number of carbonyl (C=O) groups excluding carboxylic acids is 2. The van der Waals surface area contributed by atoms with E-state index in [1.54, 1.807) is 24.3 Å². The molecule has 0 aliphatic rings. The van der Waals surface area contributed by atoms with E-state index in [4.69, 9.17) is 4.74 Å². The van der Waals surface area contributed by atoms with Crippen LogP contribution in [-0.4, -0.2) is 18.8 Å². The maximum absolute atomic E-state index is 13.8. The van der Waals surface area contributed by atoms with Gasteiger partial charge in [0.15, 0.2) is 5.78 Å². The van der Waals surface area contributed by atoms with Crippen molar-refractivity contribution in [3.05, 3.63) is 59.4 Å². The van der Waals surface area contributed by atoms with Crippen molar-refractivity contribution in [2.24, 2.45) is 0 Å². The average molecular weight is 287 g/mol. The number of hydrogen-bond acceptors (Lipinski definition) is 3. The summed E-state index contributed by atoms with van der Waals surface area (Å²) in [5.74, 6) is -1.18. The molecule has 2 rings (SSSR count). The first-order valence-corrected chi connectivity index (χ1v) is 6.27. The van der Waals surface area contributed by atoms with Gasteiger partial charge in [0, 0.05) is 11.3 Å². The first kappa shape index (κ1) is 14.7. The molecule has 0 fully saturated rings. The summed E-state index contributed by atoms with van der Waals surface area (Å²) in [5, 5.41) is 2.57. The molecule has 0 radical (unpaired) electrons. The lowest BCUT2D eigenvalue weighted by Gasteiger charge is -2.10. The number of ether oxygens (including phenoxy) is 1. The lowest BCUT2D eigenvalue weighted by Crippen LogP contribution is -2.15. The summed E-state index contributed by atoms with van der Waals surface area (Å²) in [7, 11) is 1.37. The largest absolute Gasteiger partial charge is 0.496 e. The first-order chi connectivity index (χ1) is 10.0. The van der Waals surface area contributed by atoms with Crippen LogP contribution in [0.25, 0.3) is 0 Å². The zero-order valence-corrected chi connectivity index (χ0v) is 11.6. The van der Waals surface area contributed by atoms with E-state index >= 15 is 0 Å². The number of ketones is 1. The summed E-state index contributed by atoms with van der Waals surface area (Å²) in [6, 6.07) is 10.5. The molecule has 0 bridgehead atoms. The number of Topliss-reactive ketones (excluding diaryl/α,β-unsaturated/α-hetero) is 1. The number of hydrogen-bond donors (Lipinski definition) is 1. The summed E-state index contributed by atoms with van der Waals surface area (Å²) in [5.41, 5.74) is 0.849. The lowest BCUT2D eigenvalue weighted by atomic mass is 10.1. The molecule has 0 unspecified atom stereocenters. The quantitative estimate of drug-likeness (QED) is 0.878. The van der Waals surface area contributed by atoms with Gasteiger partial charge in [0.1, 0.15) is 17.1 Å². The van der Waals surface area contributed by atoms with E-state index in [1.165, 1.54) is 32.2 Å². The van der Waals surface area contributed by atoms with Gasteiger partial charge in [-0.3, -0.25) is 9.59 Å². The van der Waals surface area contributed by atoms with Gasteiger partial charge in [0.25, 0.3) is 5.91 Å². The number of anilines is 1. The van der Waals surface area contributed by atoms with Gasteiger partial charge in [0.2, 0.25) is 0 Å². The zero-order chi connectivity index (χ0) is 15.4. The van der Waals surface area contributed by atoms with Crippen molar-refractivity contribution in [3.63, 3.8) is 0 Å². The maximum atomic E-state index is 13.8. The van der Waals surface area contributed by atoms with Crippen LogP contribution in [0, 0.1) is 5.82 Å². The van der Waals surface area contributed by atoms with E-state index in [1.807, 2.05) is 0 Å². The second-order valence-electron chi connectivity index (χ2n) is 4.40. The molecule has 0 aliphatic carbocycles. The number of halogens is 1. The molecule has 1 N–H and O–H groups in total. The van der Waals surface area contributed by atoms with Crippen molar-refractivity contribution in [1.82, 2.24) is 0 Å². The van der Waals surface area contributed by atoms with E-state index in [9.17, 15) is 14.0 Å². The molecular weight excluding hydrogens is 273 g/mol. The molecule has 0 atom stereocenters. The van der Waals surface area contributed by atoms with Gasteiger partial charge in [-0.05, 0) is 43.3 Å². The highest BCUT2D eigenvalue weighted by atomic mass is 19.1. The zero-order valence-electron chi connectivity index (χ0n) is 11.6. The minimum absolute atomic E-state index is 0.0661. The van der Waals surface area contributed by atoms with Crippen molar-refractivity contribution in [2.75, 3.05) is 12.4 Å². The summed E-state index contributed by atoms with van der Waals surface area (Å²) < 4.78 is 18.8. The van der Waals surface area contributed by atoms with E-state index in [0.717, 1.165) is 0 Å². The molecule has 2 aromatic carbocycles. The van der Waals surface area contributed by atoms with Gasteiger partial charge < -0.3 is 10.1 Å². The standard InChI is InChI=1S/C16H14FNO3/c1-10(19)11-6-8-12(9-7-11)18-16(20)15-13(17)4-3-5-14(15)21-2/h3-9H,1-2H3,(H,18,20). The fourth-order valence-electron chi connectivity index (χ4n) is 1.88. The molecule has 0 aliphatic heterocycles. The van der Waals surface area contributed by atoms with Gasteiger partial charge in [-0.2, -0.15) is 0 Å². The number of carbonyl (C=O) groups is 2. The first-order valence-electron chi connectivity index (χ1n) is 6.27. The predicted molar refractivity (Wildman–Crippen MR) is 77.4 cm³/mol. The molecule has 0 saturated heterocycles. The van der Waals surface area contributed by atoms with Crippen LogP contribution in [0.4, 0.5) is 10.1 Å². The minimum Gasteiger partial charge on any atom is -0.496 e. The third-order valence-corrected chi connectivity index (χ3v) is 2.97. The summed E-state index contributed by atoms with van der Waals surface area (Å²) in [4.78, 5) is 23.3. The molecule has 2 aromatic rings. The molecule has 0 saturated carbocycles. The second kappa shape index (κ2) is 6.17. The Hall–Kier alpha value is -2.69. The molecule has 4 nitrogen and oxygen atoms in total. The number of methoxy groups -OCH3 is 1. The summed E-state index contributed by atoms with van der Waals surface area (Å²) in [6.45, 7) is 1.46. The van der Waals surface area contributed by atoms with Crippen molar-refractivity contribution in [3.8, 4) is 5.75 Å². The third-order valence-electron chi connectivity index (χ3n) is 2.97. The van der Waals surface area contributed by atoms with Crippen molar-refractivity contribution >= 4 is 17.4 Å². The predicted octanol–water partition coefficient (Wildman–Crippen LogP) is 3.29. The Morgan fingerprint density at radius 2 is 1.76 bits per heavy atom. The van der Waals surface area contributed by atoms with Crippen LogP contribution >= 0.6 is 0 Å². The SMILES string of the molecule is COc1cccc(F)c1C(=O)Nc1ccc(C(C)=O)cc1. The van der Waals surface area contributed by atoms with Crippen LogP contribution in [0.2, 0.25) is 0 Å². The molecule has 0 heterocycles. The molecule has 5 heteroatoms. The Labute approximate surface area is 121 Å². The van der Waals surface area contributed by atoms with Gasteiger partial charge >= 0.3 is 0 Å². The van der Waals surface area contributed by atoms with Gasteiger partial charge in [-0.25, -0.2) is 4.39 Å². The van der Waals surface area contributed by atoms with E-state index in [0.29, 0.717) is 11.3 Å². The van der Waals surface area contributed by atoms with Gasteiger partial charge in [-0.15, -0.1) is 0 Å². The summed E-state index contributed by atoms with van der Waals surface area (Å²) in [6.07, 6.45) is 0. The average Bonchev–Trinajstić information content (AvgIpc) is 2.47. The lowest BCUT2D eigenvalue weighted by molar-refractivity contribution is 0.101. The highest BCUT2D eigenvalue weighted by Crippen LogP contribution is 2.22. The number of amides is 1. The molecule has 1 amide bonds. The highest BCUT2D eigenvalue weighted by Gasteiger charge is 2.17. The molecule has 108 valence electrons. The third kappa shape index (κ3) is 3.25. The smallest absolute Gasteiger partial charge is 0.262 e.